The first-order valence-corrected chi connectivity index (χ1v) is 6.09. The van der Waals surface area contributed by atoms with Gasteiger partial charge >= 0.3 is 0 Å². The molecule has 0 heterocycles. The molecule has 0 aromatic carbocycles. The highest BCUT2D eigenvalue weighted by atomic mass is 16.5. The molecule has 2 rings (SSSR count). The molecule has 4 unspecified atom stereocenters. The van der Waals surface area contributed by atoms with E-state index in [1.807, 2.05) is 0 Å². The molecule has 0 aromatic heterocycles. The van der Waals surface area contributed by atoms with E-state index in [2.05, 4.69) is 6.92 Å². The highest BCUT2D eigenvalue weighted by molar-refractivity contribution is 4.86. The van der Waals surface area contributed by atoms with Crippen molar-refractivity contribution >= 4 is 0 Å². The van der Waals surface area contributed by atoms with Crippen LogP contribution in [0.3, 0.4) is 0 Å². The summed E-state index contributed by atoms with van der Waals surface area (Å²) >= 11 is 0. The van der Waals surface area contributed by atoms with Gasteiger partial charge in [0, 0.05) is 6.61 Å². The molecule has 2 fully saturated rings. The maximum absolute atomic E-state index is 9.59. The van der Waals surface area contributed by atoms with E-state index in [1.165, 1.54) is 25.7 Å². The zero-order valence-electron chi connectivity index (χ0n) is 9.11. The molecule has 82 valence electrons. The van der Waals surface area contributed by atoms with E-state index in [0.29, 0.717) is 6.10 Å². The largest absolute Gasteiger partial charge is 0.393 e. The summed E-state index contributed by atoms with van der Waals surface area (Å²) in [7, 11) is 0. The third-order valence-electron chi connectivity index (χ3n) is 3.94. The van der Waals surface area contributed by atoms with Crippen molar-refractivity contribution in [2.45, 2.75) is 57.7 Å². The van der Waals surface area contributed by atoms with Crippen LogP contribution in [0.15, 0.2) is 0 Å². The van der Waals surface area contributed by atoms with E-state index in [1.54, 1.807) is 0 Å². The van der Waals surface area contributed by atoms with Gasteiger partial charge in [-0.25, -0.2) is 0 Å². The zero-order valence-corrected chi connectivity index (χ0v) is 9.11. The Morgan fingerprint density at radius 1 is 1.07 bits per heavy atom. The third kappa shape index (κ3) is 2.29. The van der Waals surface area contributed by atoms with Crippen molar-refractivity contribution in [3.8, 4) is 0 Å². The van der Waals surface area contributed by atoms with Gasteiger partial charge in [-0.05, 0) is 57.3 Å². The van der Waals surface area contributed by atoms with Crippen LogP contribution in [-0.4, -0.2) is 23.9 Å². The molecule has 0 bridgehead atoms. The standard InChI is InChI=1S/C12H22O2/c1-2-14-12-6-4-9-7-11(13)5-3-10(9)8-12/h9-13H,2-8H2,1H3. The lowest BCUT2D eigenvalue weighted by molar-refractivity contribution is -0.0280. The highest BCUT2D eigenvalue weighted by Crippen LogP contribution is 2.41. The van der Waals surface area contributed by atoms with Crippen LogP contribution < -0.4 is 0 Å². The number of aliphatic hydroxyl groups is 1. The Hall–Kier alpha value is -0.0800. The second kappa shape index (κ2) is 4.63. The molecule has 1 N–H and O–H groups in total. The van der Waals surface area contributed by atoms with Gasteiger partial charge in [-0.2, -0.15) is 0 Å². The van der Waals surface area contributed by atoms with Crippen LogP contribution in [0.5, 0.6) is 0 Å². The molecule has 0 saturated heterocycles. The van der Waals surface area contributed by atoms with E-state index in [4.69, 9.17) is 4.74 Å². The van der Waals surface area contributed by atoms with Crippen LogP contribution in [0.2, 0.25) is 0 Å². The van der Waals surface area contributed by atoms with Gasteiger partial charge < -0.3 is 9.84 Å². The molecule has 0 aromatic rings. The third-order valence-corrected chi connectivity index (χ3v) is 3.94. The predicted octanol–water partition coefficient (Wildman–Crippen LogP) is 2.35. The predicted molar refractivity (Wildman–Crippen MR) is 56.1 cm³/mol. The topological polar surface area (TPSA) is 29.5 Å². The normalized spacial score (nSPS) is 43.3. The van der Waals surface area contributed by atoms with Crippen molar-refractivity contribution < 1.29 is 9.84 Å². The van der Waals surface area contributed by atoms with E-state index in [0.717, 1.165) is 31.3 Å². The minimum Gasteiger partial charge on any atom is -0.393 e. The van der Waals surface area contributed by atoms with Crippen LogP contribution in [0.4, 0.5) is 0 Å². The first kappa shape index (κ1) is 10.4. The Labute approximate surface area is 86.6 Å². The number of hydrogen-bond donors (Lipinski definition) is 1. The minimum atomic E-state index is -0.0140. The molecule has 0 amide bonds. The summed E-state index contributed by atoms with van der Waals surface area (Å²) in [6.07, 6.45) is 7.49. The molecule has 0 aliphatic heterocycles. The summed E-state index contributed by atoms with van der Waals surface area (Å²) < 4.78 is 5.70. The van der Waals surface area contributed by atoms with Crippen molar-refractivity contribution in [1.29, 1.82) is 0 Å². The lowest BCUT2D eigenvalue weighted by atomic mass is 9.69. The zero-order chi connectivity index (χ0) is 9.97. The first-order chi connectivity index (χ1) is 6.79. The Morgan fingerprint density at radius 2 is 1.79 bits per heavy atom. The Balaban J connectivity index is 1.85. The fraction of sp³-hybridized carbons (Fsp3) is 1.00. The molecule has 2 aliphatic rings. The van der Waals surface area contributed by atoms with Crippen LogP contribution in [0, 0.1) is 11.8 Å². The van der Waals surface area contributed by atoms with Gasteiger partial charge in [0.15, 0.2) is 0 Å². The Kier molecular flexibility index (Phi) is 3.45. The smallest absolute Gasteiger partial charge is 0.0577 e. The Morgan fingerprint density at radius 3 is 2.57 bits per heavy atom. The van der Waals surface area contributed by atoms with Crippen LogP contribution >= 0.6 is 0 Å². The fourth-order valence-corrected chi connectivity index (χ4v) is 3.21. The van der Waals surface area contributed by atoms with Crippen molar-refractivity contribution in [2.75, 3.05) is 6.61 Å². The van der Waals surface area contributed by atoms with Crippen molar-refractivity contribution in [2.24, 2.45) is 11.8 Å². The number of rotatable bonds is 2. The van der Waals surface area contributed by atoms with E-state index in [-0.39, 0.29) is 6.10 Å². The van der Waals surface area contributed by atoms with Gasteiger partial charge in [-0.1, -0.05) is 0 Å². The molecule has 14 heavy (non-hydrogen) atoms. The van der Waals surface area contributed by atoms with E-state index < -0.39 is 0 Å². The second-order valence-corrected chi connectivity index (χ2v) is 4.88. The van der Waals surface area contributed by atoms with Gasteiger partial charge in [0.05, 0.1) is 12.2 Å². The average molecular weight is 198 g/mol. The van der Waals surface area contributed by atoms with Crippen molar-refractivity contribution in [3.63, 3.8) is 0 Å². The SMILES string of the molecule is CCOC1CCC2CC(O)CCC2C1. The summed E-state index contributed by atoms with van der Waals surface area (Å²) in [4.78, 5) is 0. The molecule has 2 aliphatic carbocycles. The second-order valence-electron chi connectivity index (χ2n) is 4.88. The summed E-state index contributed by atoms with van der Waals surface area (Å²) in [5.41, 5.74) is 0. The van der Waals surface area contributed by atoms with Crippen LogP contribution in [0.1, 0.15) is 45.4 Å². The highest BCUT2D eigenvalue weighted by Gasteiger charge is 2.35. The van der Waals surface area contributed by atoms with Gasteiger partial charge in [-0.15, -0.1) is 0 Å². The number of ether oxygens (including phenoxy) is 1. The lowest BCUT2D eigenvalue weighted by Gasteiger charge is -2.40. The minimum absolute atomic E-state index is 0.0140. The van der Waals surface area contributed by atoms with E-state index in [9.17, 15) is 5.11 Å². The van der Waals surface area contributed by atoms with Crippen molar-refractivity contribution in [1.82, 2.24) is 0 Å². The number of fused-ring (bicyclic) bond motifs is 1. The van der Waals surface area contributed by atoms with Crippen LogP contribution in [-0.2, 0) is 4.74 Å². The fourth-order valence-electron chi connectivity index (χ4n) is 3.21. The quantitative estimate of drug-likeness (QED) is 0.738. The molecule has 2 heteroatoms. The van der Waals surface area contributed by atoms with E-state index >= 15 is 0 Å². The van der Waals surface area contributed by atoms with Gasteiger partial charge in [0.2, 0.25) is 0 Å². The molecular weight excluding hydrogens is 176 g/mol. The van der Waals surface area contributed by atoms with Crippen molar-refractivity contribution in [3.05, 3.63) is 0 Å². The summed E-state index contributed by atoms with van der Waals surface area (Å²) in [5.74, 6) is 1.62. The molecule has 2 saturated carbocycles. The summed E-state index contributed by atoms with van der Waals surface area (Å²) in [5, 5.41) is 9.59. The maximum Gasteiger partial charge on any atom is 0.0577 e. The van der Waals surface area contributed by atoms with Gasteiger partial charge in [0.25, 0.3) is 0 Å². The van der Waals surface area contributed by atoms with Gasteiger partial charge in [0.1, 0.15) is 0 Å². The number of hydrogen-bond acceptors (Lipinski definition) is 2. The number of aliphatic hydroxyl groups excluding tert-OH is 1. The first-order valence-electron chi connectivity index (χ1n) is 6.09. The monoisotopic (exact) mass is 198 g/mol. The van der Waals surface area contributed by atoms with Crippen LogP contribution in [0.25, 0.3) is 0 Å². The molecule has 0 spiro atoms. The molecule has 4 atom stereocenters. The summed E-state index contributed by atoms with van der Waals surface area (Å²) in [6, 6.07) is 0. The molecule has 2 nitrogen and oxygen atoms in total. The maximum atomic E-state index is 9.59. The average Bonchev–Trinajstić information content (AvgIpc) is 2.19. The molecular formula is C12H22O2. The molecule has 0 radical (unpaired) electrons. The Bertz CT molecular complexity index is 181. The van der Waals surface area contributed by atoms with Gasteiger partial charge in [-0.3, -0.25) is 0 Å². The summed E-state index contributed by atoms with van der Waals surface area (Å²) in [6.45, 7) is 2.93. The lowest BCUT2D eigenvalue weighted by Crippen LogP contribution is -2.35.